The summed E-state index contributed by atoms with van der Waals surface area (Å²) in [5.41, 5.74) is 21.7. The molecule has 0 saturated carbocycles. The van der Waals surface area contributed by atoms with Crippen molar-refractivity contribution in [2.24, 2.45) is 20.0 Å². The van der Waals surface area contributed by atoms with Crippen LogP contribution in [0.4, 0.5) is 17.1 Å². The number of aliphatic imine (C=N–C) groups is 4. The third-order valence-electron chi connectivity index (χ3n) is 15.9. The number of hydrogen-bond donors (Lipinski definition) is 0. The first-order valence-electron chi connectivity index (χ1n) is 30.4. The lowest BCUT2D eigenvalue weighted by Crippen LogP contribution is -2.01. The van der Waals surface area contributed by atoms with Gasteiger partial charge in [0.25, 0.3) is 0 Å². The minimum Gasteiger partial charge on any atom is -0.292 e. The Morgan fingerprint density at radius 2 is 0.853 bits per heavy atom. The standard InChI is InChI=1S/C19H14N2.2C18H13N.C13H11N.C10H9N.C3H3N3.5CH4/c1-3-9-15(10-4-1)19-20-17-13-7-8-14-18(17)21(19)16-11-5-2-6-12-16;1-3-9-15-13(6-1)8-5-10-16(15)18-12-14-7-2-4-11-17(14)19-18;1-2-6-14-11-16(10-9-13(14)5-1)18-12-15-7-3-4-8-17(15)19-18;1-2-6-10(5-1)13-9-11-7-3-4-8-12(11)14-13;1-2-5-9(6-3-1)10-7-4-8-11-10;1-4-2-6-3-5-1;;;;;/h1-14H;2*1-11H,12H2;1-5,7-8H,6,9H2;1-6,8H,7H2;1-3H;5*1H4. The van der Waals surface area contributed by atoms with Gasteiger partial charge in [-0.1, -0.05) is 286 Å². The summed E-state index contributed by atoms with van der Waals surface area (Å²) < 4.78 is 2.21. The lowest BCUT2D eigenvalue weighted by Gasteiger charge is -2.09. The first-order valence-corrected chi connectivity index (χ1v) is 30.4. The summed E-state index contributed by atoms with van der Waals surface area (Å²) in [5.74, 6) is 0.975. The molecule has 0 fully saturated rings. The molecule has 13 aromatic rings. The molecule has 0 atom stereocenters. The molecule has 9 nitrogen and oxygen atoms in total. The van der Waals surface area contributed by atoms with E-state index < -0.39 is 0 Å². The number of benzene rings is 11. The summed E-state index contributed by atoms with van der Waals surface area (Å²) in [4.78, 5) is 33.9. The summed E-state index contributed by atoms with van der Waals surface area (Å²) in [7, 11) is 0. The Kier molecular flexibility index (Phi) is 24.9. The fraction of sp³-hybridized carbons (Fsp3) is 0.116. The molecule has 9 heteroatoms. The topological polar surface area (TPSA) is 106 Å². The number of nitrogens with zero attached hydrogens (tertiary/aromatic N) is 9. The second-order valence-corrected chi connectivity index (χ2v) is 21.8. The molecule has 4 aliphatic heterocycles. The van der Waals surface area contributed by atoms with Crippen molar-refractivity contribution in [1.82, 2.24) is 24.5 Å². The predicted molar refractivity (Wildman–Crippen MR) is 406 cm³/mol. The number of fused-ring (bicyclic) bond motifs is 6. The van der Waals surface area contributed by atoms with Gasteiger partial charge in [-0.3, -0.25) is 24.5 Å². The van der Waals surface area contributed by atoms with Crippen LogP contribution in [0.15, 0.2) is 348 Å². The molecule has 1 aliphatic carbocycles. The van der Waals surface area contributed by atoms with Gasteiger partial charge in [0.15, 0.2) is 0 Å². The van der Waals surface area contributed by atoms with Crippen LogP contribution in [0.25, 0.3) is 49.7 Å². The molecule has 0 amide bonds. The molecule has 11 aromatic carbocycles. The Hall–Kier alpha value is -11.7. The van der Waals surface area contributed by atoms with E-state index in [2.05, 4.69) is 260 Å². The Balaban J connectivity index is 0.000000149. The number of rotatable bonds is 6. The first-order chi connectivity index (χ1) is 44.6. The number of para-hydroxylation sites is 6. The molecule has 0 bridgehead atoms. The van der Waals surface area contributed by atoms with E-state index in [0.29, 0.717) is 0 Å². The van der Waals surface area contributed by atoms with Crippen molar-refractivity contribution in [3.8, 4) is 17.1 Å². The summed E-state index contributed by atoms with van der Waals surface area (Å²) in [6, 6.07) is 94.3. The summed E-state index contributed by atoms with van der Waals surface area (Å²) in [5, 5.41) is 5.12. The zero-order valence-electron chi connectivity index (χ0n) is 49.7. The minimum atomic E-state index is 0. The zero-order chi connectivity index (χ0) is 60.5. The lowest BCUT2D eigenvalue weighted by atomic mass is 9.98. The van der Waals surface area contributed by atoms with Crippen LogP contribution in [0.2, 0.25) is 0 Å². The van der Waals surface area contributed by atoms with Gasteiger partial charge >= 0.3 is 0 Å². The van der Waals surface area contributed by atoms with E-state index in [9.17, 15) is 0 Å². The highest BCUT2D eigenvalue weighted by atomic mass is 15.1. The average molecular weight is 1240 g/mol. The van der Waals surface area contributed by atoms with E-state index in [1.54, 1.807) is 0 Å². The molecule has 2 aromatic heterocycles. The van der Waals surface area contributed by atoms with Crippen molar-refractivity contribution in [2.45, 2.75) is 69.2 Å². The molecule has 0 unspecified atom stereocenters. The number of imidazole rings is 1. The van der Waals surface area contributed by atoms with Gasteiger partial charge in [-0.15, -0.1) is 0 Å². The predicted octanol–water partition coefficient (Wildman–Crippen LogP) is 22.4. The van der Waals surface area contributed by atoms with Gasteiger partial charge in [0.2, 0.25) is 0 Å². The first kappa shape index (κ1) is 69.2. The quantitative estimate of drug-likeness (QED) is 0.165. The Morgan fingerprint density at radius 1 is 0.347 bits per heavy atom. The molecule has 5 aliphatic rings. The summed E-state index contributed by atoms with van der Waals surface area (Å²) >= 11 is 0. The fourth-order valence-electron chi connectivity index (χ4n) is 11.5. The summed E-state index contributed by atoms with van der Waals surface area (Å²) in [6.07, 6.45) is 19.6. The molecule has 0 spiro atoms. The fourth-order valence-corrected chi connectivity index (χ4v) is 11.5. The maximum atomic E-state index is 4.82. The summed E-state index contributed by atoms with van der Waals surface area (Å²) in [6.45, 7) is 0. The Bertz CT molecular complexity index is 4810. The van der Waals surface area contributed by atoms with Crippen LogP contribution < -0.4 is 0 Å². The van der Waals surface area contributed by atoms with Crippen molar-refractivity contribution in [1.29, 1.82) is 0 Å². The molecule has 95 heavy (non-hydrogen) atoms. The largest absolute Gasteiger partial charge is 0.292 e. The van der Waals surface area contributed by atoms with Gasteiger partial charge in [0.1, 0.15) is 24.8 Å². The van der Waals surface area contributed by atoms with Crippen LogP contribution in [0.5, 0.6) is 0 Å². The monoisotopic (exact) mass is 1240 g/mol. The SMILES string of the molecule is C.C.C.C.C.C1=CCC(C2=Nc3ccccc3C2)=C1.C1=CN=C(c2ccccc2)C1.c1ccc(-c2nc3ccccc3n2-c2ccccc2)cc1.c1ccc2c(c1)CC(c1ccc3ccccc3c1)=N2.c1ccc2c(c1)CC(c1cccc3ccccc13)=N2.c1ncncn1. The molecule has 0 N–H and O–H groups in total. The van der Waals surface area contributed by atoms with E-state index in [0.717, 1.165) is 77.3 Å². The highest BCUT2D eigenvalue weighted by Crippen LogP contribution is 2.34. The molecule has 0 radical (unpaired) electrons. The Morgan fingerprint density at radius 3 is 1.45 bits per heavy atom. The number of allylic oxidation sites excluding steroid dienone is 5. The Labute approximate surface area is 561 Å². The van der Waals surface area contributed by atoms with Crippen LogP contribution >= 0.6 is 0 Å². The van der Waals surface area contributed by atoms with E-state index in [-0.39, 0.29) is 37.1 Å². The third-order valence-corrected chi connectivity index (χ3v) is 15.9. The van der Waals surface area contributed by atoms with Crippen LogP contribution in [0, 0.1) is 0 Å². The van der Waals surface area contributed by atoms with E-state index in [4.69, 9.17) is 15.0 Å². The molecule has 472 valence electrons. The minimum absolute atomic E-state index is 0. The number of hydrogen-bond acceptors (Lipinski definition) is 8. The van der Waals surface area contributed by atoms with Gasteiger partial charge in [-0.25, -0.2) is 19.9 Å². The van der Waals surface area contributed by atoms with Crippen molar-refractivity contribution < 1.29 is 0 Å². The van der Waals surface area contributed by atoms with Gasteiger partial charge in [-0.2, -0.15) is 0 Å². The smallest absolute Gasteiger partial charge is 0.145 e. The van der Waals surface area contributed by atoms with Crippen LogP contribution in [0.3, 0.4) is 0 Å². The normalized spacial score (nSPS) is 12.7. The zero-order valence-corrected chi connectivity index (χ0v) is 49.7. The van der Waals surface area contributed by atoms with Gasteiger partial charge in [-0.05, 0) is 110 Å². The molecule has 0 saturated heterocycles. The highest BCUT2D eigenvalue weighted by Gasteiger charge is 2.20. The van der Waals surface area contributed by atoms with Crippen molar-refractivity contribution in [3.05, 3.63) is 361 Å². The maximum absolute atomic E-state index is 4.82. The average Bonchev–Trinajstić information content (AvgIpc) is 1.66. The van der Waals surface area contributed by atoms with E-state index >= 15 is 0 Å². The van der Waals surface area contributed by atoms with Crippen LogP contribution in [0.1, 0.15) is 83.4 Å². The van der Waals surface area contributed by atoms with E-state index in [1.807, 2.05) is 72.9 Å². The van der Waals surface area contributed by atoms with Crippen molar-refractivity contribution in [3.63, 3.8) is 0 Å². The molecule has 6 heterocycles. The molecular formula is C86H83N9. The second-order valence-electron chi connectivity index (χ2n) is 21.8. The third kappa shape index (κ3) is 16.9. The van der Waals surface area contributed by atoms with Gasteiger partial charge in [0.05, 0.1) is 45.2 Å². The van der Waals surface area contributed by atoms with Crippen molar-refractivity contribution in [2.75, 3.05) is 0 Å². The van der Waals surface area contributed by atoms with Crippen LogP contribution in [-0.4, -0.2) is 47.3 Å². The molecular weight excluding hydrogens is 1160 g/mol. The van der Waals surface area contributed by atoms with Gasteiger partial charge < -0.3 is 0 Å². The van der Waals surface area contributed by atoms with Gasteiger partial charge in [0, 0.05) is 54.4 Å². The number of aromatic nitrogens is 5. The molecule has 18 rings (SSSR count). The second kappa shape index (κ2) is 34.1. The lowest BCUT2D eigenvalue weighted by molar-refractivity contribution is 1.05. The van der Waals surface area contributed by atoms with Crippen LogP contribution in [-0.2, 0) is 19.3 Å². The van der Waals surface area contributed by atoms with E-state index in [1.165, 1.54) is 102 Å². The maximum Gasteiger partial charge on any atom is 0.145 e. The van der Waals surface area contributed by atoms with Crippen molar-refractivity contribution >= 4 is 72.5 Å². The highest BCUT2D eigenvalue weighted by molar-refractivity contribution is 6.14.